The first-order valence-corrected chi connectivity index (χ1v) is 18.1. The number of nitrogens with zero attached hydrogens (tertiary/aromatic N) is 2. The SMILES string of the molecule is C.C.C.C.C.C.C.C.C.CCC(CC(C(=O)[O-])C([C-]=O)CC([C-]=O)C(C)C(=O)OCCOc1ccccc1NC(=O)C(N=Nc1cc(C(=O)OC)ccc1C(=O)OC)=C(C)O)c1ccccc1.[Na+].[Na+].[Na+].[OH-].[OH-]. The first-order chi connectivity index (χ1) is 27.8. The van der Waals surface area contributed by atoms with Crippen molar-refractivity contribution in [1.29, 1.82) is 0 Å². The van der Waals surface area contributed by atoms with Crippen LogP contribution < -0.4 is 104 Å². The van der Waals surface area contributed by atoms with Gasteiger partial charge in [0.2, 0.25) is 0 Å². The van der Waals surface area contributed by atoms with E-state index < -0.39 is 64.9 Å². The molecule has 0 bridgehead atoms. The van der Waals surface area contributed by atoms with Crippen LogP contribution in [0.15, 0.2) is 94.5 Å². The molecule has 0 aliphatic rings. The molecule has 3 aromatic carbocycles. The summed E-state index contributed by atoms with van der Waals surface area (Å²) in [5.41, 5.74) is 0.246. The minimum absolute atomic E-state index is 0. The van der Waals surface area contributed by atoms with E-state index in [1.165, 1.54) is 44.2 Å². The minimum atomic E-state index is -1.46. The maximum absolute atomic E-state index is 13.3. The van der Waals surface area contributed by atoms with Crippen LogP contribution in [0.4, 0.5) is 11.4 Å². The van der Waals surface area contributed by atoms with Crippen molar-refractivity contribution in [2.75, 3.05) is 32.8 Å². The van der Waals surface area contributed by atoms with Gasteiger partial charge < -0.3 is 59.8 Å². The number of amides is 1. The minimum Gasteiger partial charge on any atom is -0.870 e. The van der Waals surface area contributed by atoms with Crippen LogP contribution in [0.25, 0.3) is 0 Å². The molecule has 3 rings (SSSR count). The fraction of sp³-hybridized carbons (Fsp3) is 0.471. The van der Waals surface area contributed by atoms with Gasteiger partial charge in [0, 0.05) is 11.9 Å². The number of carbonyl (C=O) groups is 5. The largest absolute Gasteiger partial charge is 1.00 e. The summed E-state index contributed by atoms with van der Waals surface area (Å²) in [4.78, 5) is 86.8. The molecule has 5 atom stereocenters. The van der Waals surface area contributed by atoms with E-state index in [0.717, 1.165) is 19.8 Å². The van der Waals surface area contributed by atoms with Crippen molar-refractivity contribution < 1.29 is 162 Å². The van der Waals surface area contributed by atoms with Crippen LogP contribution >= 0.6 is 0 Å². The van der Waals surface area contributed by atoms with Gasteiger partial charge in [-0.3, -0.25) is 22.2 Å². The Kier molecular flexibility index (Phi) is 68.7. The van der Waals surface area contributed by atoms with E-state index >= 15 is 0 Å². The van der Waals surface area contributed by atoms with Gasteiger partial charge in [-0.1, -0.05) is 130 Å². The third-order valence-electron chi connectivity index (χ3n) is 9.24. The molecule has 0 aliphatic carbocycles. The number of para-hydroxylation sites is 2. The third-order valence-corrected chi connectivity index (χ3v) is 9.24. The summed E-state index contributed by atoms with van der Waals surface area (Å²) < 4.78 is 20.5. The van der Waals surface area contributed by atoms with Crippen LogP contribution in [-0.2, 0) is 38.2 Å². The summed E-state index contributed by atoms with van der Waals surface area (Å²) in [6.45, 7) is 3.95. The van der Waals surface area contributed by atoms with Crippen LogP contribution in [0.3, 0.4) is 0 Å². The number of aliphatic carboxylic acids is 1. The molecular formula is C51H82N3Na3O15-2. The van der Waals surface area contributed by atoms with Crippen LogP contribution in [0.2, 0.25) is 0 Å². The maximum atomic E-state index is 13.3. The molecule has 0 heterocycles. The predicted molar refractivity (Wildman–Crippen MR) is 270 cm³/mol. The quantitative estimate of drug-likeness (QED) is 0.0211. The normalized spacial score (nSPS) is 11.3. The Balaban J connectivity index is -0.000000257. The molecule has 3 aromatic rings. The van der Waals surface area contributed by atoms with Gasteiger partial charge in [-0.2, -0.15) is 0 Å². The van der Waals surface area contributed by atoms with Gasteiger partial charge >= 0.3 is 107 Å². The van der Waals surface area contributed by atoms with E-state index in [2.05, 4.69) is 15.5 Å². The molecule has 396 valence electrons. The second-order valence-electron chi connectivity index (χ2n) is 13.0. The van der Waals surface area contributed by atoms with Crippen molar-refractivity contribution in [1.82, 2.24) is 0 Å². The number of esters is 3. The van der Waals surface area contributed by atoms with Gasteiger partial charge in [0.05, 0.1) is 31.0 Å². The van der Waals surface area contributed by atoms with Crippen LogP contribution in [0, 0.1) is 23.7 Å². The molecular weight excluding hydrogens is 964 g/mol. The van der Waals surface area contributed by atoms with Gasteiger partial charge in [0.15, 0.2) is 5.70 Å². The number of allylic oxidation sites excluding steroid dienone is 1. The molecule has 72 heavy (non-hydrogen) atoms. The maximum Gasteiger partial charge on any atom is 1.00 e. The number of ether oxygens (including phenoxy) is 4. The standard InChI is InChI=1S/C42H45N3O13.9CH4.3Na.2H2O/c1-6-27(28-12-8-7-9-13-28)21-33(39(50)51)31(24-47)20-30(23-46)25(2)40(52)58-19-18-57-36-15-11-10-14-34(36)43-38(49)37(26(3)48)45-44-35-22-29(41(53)55-4)16-17-32(35)42(54)56-5;;;;;;;;;;;;;;/h7-17,22,25,27,30-31,33,48H,6,18-21H2,1-5H3,(H,43,49)(H,50,51);9*1H4;;;;2*1H2/q-2;;;;;;;;;;3*+1;;/p-3. The molecule has 0 radical (unpaired) electrons. The van der Waals surface area contributed by atoms with Crippen LogP contribution in [0.5, 0.6) is 5.75 Å². The second-order valence-corrected chi connectivity index (χ2v) is 13.0. The number of hydrogen-bond acceptors (Lipinski definition) is 17. The number of nitrogens with one attached hydrogen (secondary N) is 1. The van der Waals surface area contributed by atoms with Crippen LogP contribution in [0.1, 0.15) is 139 Å². The summed E-state index contributed by atoms with van der Waals surface area (Å²) in [5, 5.41) is 32.8. The Morgan fingerprint density at radius 3 is 1.75 bits per heavy atom. The van der Waals surface area contributed by atoms with Crippen molar-refractivity contribution in [3.05, 3.63) is 101 Å². The molecule has 5 unspecified atom stereocenters. The summed E-state index contributed by atoms with van der Waals surface area (Å²) in [6, 6.07) is 19.1. The van der Waals surface area contributed by atoms with Gasteiger partial charge in [-0.25, -0.2) is 9.59 Å². The van der Waals surface area contributed by atoms with Crippen LogP contribution in [-0.4, -0.2) is 85.8 Å². The molecule has 0 saturated heterocycles. The summed E-state index contributed by atoms with van der Waals surface area (Å²) >= 11 is 0. The summed E-state index contributed by atoms with van der Waals surface area (Å²) in [7, 11) is 2.30. The zero-order chi connectivity index (χ0) is 42.8. The average molecular weight is 1050 g/mol. The van der Waals surface area contributed by atoms with E-state index in [9.17, 15) is 43.8 Å². The Morgan fingerprint density at radius 1 is 0.736 bits per heavy atom. The first-order valence-electron chi connectivity index (χ1n) is 18.1. The molecule has 0 spiro atoms. The van der Waals surface area contributed by atoms with Gasteiger partial charge in [-0.15, -0.1) is 22.1 Å². The molecule has 21 heteroatoms. The van der Waals surface area contributed by atoms with E-state index in [1.807, 2.05) is 37.3 Å². The van der Waals surface area contributed by atoms with E-state index in [-0.39, 0.29) is 227 Å². The van der Waals surface area contributed by atoms with E-state index in [4.69, 9.17) is 18.9 Å². The Hall–Kier alpha value is -3.79. The summed E-state index contributed by atoms with van der Waals surface area (Å²) in [5.74, 6) is -10.2. The predicted octanol–water partition coefficient (Wildman–Crippen LogP) is 1.51. The third kappa shape index (κ3) is 29.2. The van der Waals surface area contributed by atoms with Crippen molar-refractivity contribution in [3.8, 4) is 5.75 Å². The molecule has 0 aliphatic heterocycles. The van der Waals surface area contributed by atoms with Gasteiger partial charge in [0.1, 0.15) is 30.4 Å². The number of methoxy groups -OCH3 is 2. The molecule has 1 amide bonds. The first kappa shape index (κ1) is 97.5. The fourth-order valence-electron chi connectivity index (χ4n) is 5.91. The number of carboxylic acid groups (broad SMARTS) is 1. The second kappa shape index (κ2) is 50.7. The molecule has 18 nitrogen and oxygen atoms in total. The van der Waals surface area contributed by atoms with E-state index in [1.54, 1.807) is 24.7 Å². The molecule has 0 fully saturated rings. The average Bonchev–Trinajstić information content (AvgIpc) is 3.23. The number of carbonyl (C=O) groups excluding carboxylic acids is 7. The monoisotopic (exact) mass is 1050 g/mol. The van der Waals surface area contributed by atoms with Crippen molar-refractivity contribution in [3.63, 3.8) is 0 Å². The number of carboxylic acids is 1. The number of rotatable bonds is 22. The van der Waals surface area contributed by atoms with Crippen molar-refractivity contribution in [2.45, 2.75) is 113 Å². The zero-order valence-corrected chi connectivity index (χ0v) is 42.5. The fourth-order valence-corrected chi connectivity index (χ4v) is 5.91. The number of anilines is 1. The number of benzene rings is 3. The molecule has 0 aromatic heterocycles. The van der Waals surface area contributed by atoms with Gasteiger partial charge in [-0.05, 0) is 67.5 Å². The van der Waals surface area contributed by atoms with E-state index in [0.29, 0.717) is 6.42 Å². The number of aliphatic hydroxyl groups is 1. The Bertz CT molecular complexity index is 2020. The Morgan fingerprint density at radius 2 is 1.26 bits per heavy atom. The molecule has 0 saturated carbocycles. The number of azo groups is 1. The topological polar surface area (TPSA) is 296 Å². The number of aliphatic hydroxyl groups excluding tert-OH is 1. The smallest absolute Gasteiger partial charge is 0.870 e. The number of hydrogen-bond donors (Lipinski definition) is 2. The zero-order valence-electron chi connectivity index (χ0n) is 36.5. The van der Waals surface area contributed by atoms with Crippen molar-refractivity contribution in [2.24, 2.45) is 33.9 Å². The van der Waals surface area contributed by atoms with Gasteiger partial charge in [0.25, 0.3) is 5.91 Å². The molecule has 4 N–H and O–H groups in total. The Labute approximate surface area is 497 Å². The summed E-state index contributed by atoms with van der Waals surface area (Å²) in [6.07, 6.45) is 3.84. The van der Waals surface area contributed by atoms with Crippen molar-refractivity contribution >= 4 is 53.7 Å².